The minimum Gasteiger partial charge on any atom is -0.334 e. The number of halogens is 3. The summed E-state index contributed by atoms with van der Waals surface area (Å²) >= 11 is 0. The van der Waals surface area contributed by atoms with E-state index in [9.17, 15) is 18.0 Å². The van der Waals surface area contributed by atoms with Crippen LogP contribution in [-0.2, 0) is 17.9 Å². The first-order valence-electron chi connectivity index (χ1n) is 7.04. The highest BCUT2D eigenvalue weighted by atomic mass is 19.2. The van der Waals surface area contributed by atoms with E-state index < -0.39 is 17.5 Å². The van der Waals surface area contributed by atoms with Gasteiger partial charge in [0.05, 0.1) is 0 Å². The van der Waals surface area contributed by atoms with Gasteiger partial charge in [-0.25, -0.2) is 13.2 Å². The monoisotopic (exact) mass is 305 g/mol. The molecule has 5 heteroatoms. The SMILES string of the molecule is CCC(=O)N1Cc2ccc(-c3cc(F)c(F)cc3F)cc2C1. The highest BCUT2D eigenvalue weighted by Crippen LogP contribution is 2.31. The molecule has 0 saturated carbocycles. The van der Waals surface area contributed by atoms with Crippen molar-refractivity contribution in [3.05, 3.63) is 58.9 Å². The molecule has 0 atom stereocenters. The minimum absolute atomic E-state index is 0.0157. The number of amides is 1. The van der Waals surface area contributed by atoms with E-state index in [0.717, 1.165) is 17.2 Å². The summed E-state index contributed by atoms with van der Waals surface area (Å²) in [4.78, 5) is 13.5. The molecule has 1 amide bonds. The highest BCUT2D eigenvalue weighted by Gasteiger charge is 2.23. The van der Waals surface area contributed by atoms with E-state index in [1.165, 1.54) is 0 Å². The van der Waals surface area contributed by atoms with E-state index >= 15 is 0 Å². The lowest BCUT2D eigenvalue weighted by atomic mass is 10.00. The number of nitrogens with zero attached hydrogens (tertiary/aromatic N) is 1. The standard InChI is InChI=1S/C17H14F3NO/c1-2-17(22)21-8-11-4-3-10(5-12(11)9-21)13-6-15(19)16(20)7-14(13)18/h3-7H,2,8-9H2,1H3. The summed E-state index contributed by atoms with van der Waals surface area (Å²) in [5.41, 5.74) is 2.39. The molecule has 0 spiro atoms. The van der Waals surface area contributed by atoms with Crippen LogP contribution >= 0.6 is 0 Å². The second-order valence-electron chi connectivity index (χ2n) is 5.33. The Hall–Kier alpha value is -2.30. The molecule has 0 N–H and O–H groups in total. The van der Waals surface area contributed by atoms with E-state index in [4.69, 9.17) is 0 Å². The van der Waals surface area contributed by atoms with Crippen LogP contribution in [0.4, 0.5) is 13.2 Å². The van der Waals surface area contributed by atoms with E-state index in [1.54, 1.807) is 30.0 Å². The van der Waals surface area contributed by atoms with Gasteiger partial charge in [0.2, 0.25) is 5.91 Å². The Bertz CT molecular complexity index is 758. The molecular formula is C17H14F3NO. The zero-order valence-corrected chi connectivity index (χ0v) is 12.0. The van der Waals surface area contributed by atoms with Crippen molar-refractivity contribution in [1.29, 1.82) is 0 Å². The Labute approximate surface area is 126 Å². The summed E-state index contributed by atoms with van der Waals surface area (Å²) in [5, 5.41) is 0. The highest BCUT2D eigenvalue weighted by molar-refractivity contribution is 5.77. The van der Waals surface area contributed by atoms with Crippen LogP contribution in [-0.4, -0.2) is 10.8 Å². The summed E-state index contributed by atoms with van der Waals surface area (Å²) in [6.45, 7) is 2.79. The fraction of sp³-hybridized carbons (Fsp3) is 0.235. The molecule has 0 aromatic heterocycles. The Morgan fingerprint density at radius 3 is 2.41 bits per heavy atom. The van der Waals surface area contributed by atoms with Gasteiger partial charge in [0.1, 0.15) is 5.82 Å². The molecule has 0 unspecified atom stereocenters. The quantitative estimate of drug-likeness (QED) is 0.767. The summed E-state index contributed by atoms with van der Waals surface area (Å²) in [6, 6.07) is 6.60. The van der Waals surface area contributed by atoms with Crippen LogP contribution in [0, 0.1) is 17.5 Å². The van der Waals surface area contributed by atoms with Crippen LogP contribution < -0.4 is 0 Å². The zero-order chi connectivity index (χ0) is 15.9. The molecule has 1 aliphatic heterocycles. The smallest absolute Gasteiger partial charge is 0.222 e. The summed E-state index contributed by atoms with van der Waals surface area (Å²) in [7, 11) is 0. The van der Waals surface area contributed by atoms with E-state index in [0.29, 0.717) is 31.1 Å². The molecule has 2 aromatic carbocycles. The van der Waals surface area contributed by atoms with Gasteiger partial charge in [0.15, 0.2) is 11.6 Å². The molecule has 0 radical (unpaired) electrons. The number of carbonyl (C=O) groups excluding carboxylic acids is 1. The molecule has 22 heavy (non-hydrogen) atoms. The number of fused-ring (bicyclic) bond motifs is 1. The Kier molecular flexibility index (Phi) is 3.64. The van der Waals surface area contributed by atoms with Gasteiger partial charge in [-0.05, 0) is 28.8 Å². The van der Waals surface area contributed by atoms with Crippen molar-refractivity contribution in [2.75, 3.05) is 0 Å². The van der Waals surface area contributed by atoms with Crippen molar-refractivity contribution < 1.29 is 18.0 Å². The van der Waals surface area contributed by atoms with Gasteiger partial charge in [-0.3, -0.25) is 4.79 Å². The lowest BCUT2D eigenvalue weighted by Crippen LogP contribution is -2.23. The Morgan fingerprint density at radius 1 is 1.00 bits per heavy atom. The van der Waals surface area contributed by atoms with Crippen LogP contribution in [0.3, 0.4) is 0 Å². The molecule has 0 aliphatic carbocycles. The summed E-state index contributed by atoms with van der Waals surface area (Å²) in [5.74, 6) is -3.04. The second-order valence-corrected chi connectivity index (χ2v) is 5.33. The van der Waals surface area contributed by atoms with Crippen molar-refractivity contribution in [3.63, 3.8) is 0 Å². The van der Waals surface area contributed by atoms with Gasteiger partial charge in [-0.15, -0.1) is 0 Å². The van der Waals surface area contributed by atoms with Crippen molar-refractivity contribution in [2.24, 2.45) is 0 Å². The van der Waals surface area contributed by atoms with Crippen molar-refractivity contribution in [3.8, 4) is 11.1 Å². The van der Waals surface area contributed by atoms with Gasteiger partial charge >= 0.3 is 0 Å². The molecule has 0 saturated heterocycles. The zero-order valence-electron chi connectivity index (χ0n) is 12.0. The Morgan fingerprint density at radius 2 is 1.68 bits per heavy atom. The molecular weight excluding hydrogens is 291 g/mol. The lowest BCUT2D eigenvalue weighted by Gasteiger charge is -2.13. The van der Waals surface area contributed by atoms with Gasteiger partial charge in [-0.2, -0.15) is 0 Å². The fourth-order valence-electron chi connectivity index (χ4n) is 2.71. The average molecular weight is 305 g/mol. The molecule has 1 heterocycles. The third-order valence-electron chi connectivity index (χ3n) is 3.90. The maximum atomic E-state index is 13.9. The fourth-order valence-corrected chi connectivity index (χ4v) is 2.71. The van der Waals surface area contributed by atoms with Crippen LogP contribution in [0.15, 0.2) is 30.3 Å². The van der Waals surface area contributed by atoms with Crippen molar-refractivity contribution >= 4 is 5.91 Å². The van der Waals surface area contributed by atoms with E-state index in [1.807, 2.05) is 0 Å². The van der Waals surface area contributed by atoms with Crippen molar-refractivity contribution in [2.45, 2.75) is 26.4 Å². The molecule has 2 nitrogen and oxygen atoms in total. The average Bonchev–Trinajstić information content (AvgIpc) is 2.93. The van der Waals surface area contributed by atoms with Gasteiger partial charge in [0, 0.05) is 31.1 Å². The minimum atomic E-state index is -1.21. The third-order valence-corrected chi connectivity index (χ3v) is 3.90. The van der Waals surface area contributed by atoms with Crippen LogP contribution in [0.2, 0.25) is 0 Å². The number of hydrogen-bond donors (Lipinski definition) is 0. The third kappa shape index (κ3) is 2.47. The summed E-state index contributed by atoms with van der Waals surface area (Å²) in [6.07, 6.45) is 0.429. The van der Waals surface area contributed by atoms with E-state index in [-0.39, 0.29) is 11.5 Å². The lowest BCUT2D eigenvalue weighted by molar-refractivity contribution is -0.131. The molecule has 3 rings (SSSR count). The van der Waals surface area contributed by atoms with E-state index in [2.05, 4.69) is 0 Å². The maximum absolute atomic E-state index is 13.9. The van der Waals surface area contributed by atoms with Crippen molar-refractivity contribution in [1.82, 2.24) is 4.90 Å². The van der Waals surface area contributed by atoms with Crippen LogP contribution in [0.25, 0.3) is 11.1 Å². The van der Waals surface area contributed by atoms with Gasteiger partial charge in [0.25, 0.3) is 0 Å². The van der Waals surface area contributed by atoms with Gasteiger partial charge in [-0.1, -0.05) is 19.1 Å². The molecule has 2 aromatic rings. The van der Waals surface area contributed by atoms with Gasteiger partial charge < -0.3 is 4.90 Å². The Balaban J connectivity index is 1.97. The molecule has 114 valence electrons. The topological polar surface area (TPSA) is 20.3 Å². The molecule has 1 aliphatic rings. The number of carbonyl (C=O) groups is 1. The number of benzene rings is 2. The van der Waals surface area contributed by atoms with Crippen LogP contribution in [0.5, 0.6) is 0 Å². The summed E-state index contributed by atoms with van der Waals surface area (Å²) < 4.78 is 40.2. The first kappa shape index (κ1) is 14.6. The predicted molar refractivity (Wildman–Crippen MR) is 76.3 cm³/mol. The molecule has 0 fully saturated rings. The maximum Gasteiger partial charge on any atom is 0.222 e. The first-order valence-corrected chi connectivity index (χ1v) is 7.04. The predicted octanol–water partition coefficient (Wildman–Crippen LogP) is 4.02. The first-order chi connectivity index (χ1) is 10.5. The number of rotatable bonds is 2. The second kappa shape index (κ2) is 5.48. The normalized spacial score (nSPS) is 13.4. The van der Waals surface area contributed by atoms with Crippen LogP contribution in [0.1, 0.15) is 24.5 Å². The number of hydrogen-bond acceptors (Lipinski definition) is 1. The largest absolute Gasteiger partial charge is 0.334 e. The molecule has 0 bridgehead atoms.